The van der Waals surface area contributed by atoms with Crippen LogP contribution in [0.25, 0.3) is 0 Å². The molecule has 0 saturated carbocycles. The molecule has 1 aliphatic heterocycles. The molecule has 0 amide bonds. The highest BCUT2D eigenvalue weighted by atomic mass is 32.2. The quantitative estimate of drug-likeness (QED) is 0.837. The van der Waals surface area contributed by atoms with E-state index in [-0.39, 0.29) is 10.2 Å². The molecule has 0 aliphatic carbocycles. The Hall–Kier alpha value is -1.19. The van der Waals surface area contributed by atoms with Crippen molar-refractivity contribution in [2.24, 2.45) is 5.92 Å². The van der Waals surface area contributed by atoms with Crippen LogP contribution in [0.1, 0.15) is 51.9 Å². The third kappa shape index (κ3) is 5.22. The minimum absolute atomic E-state index is 0.177. The maximum Gasteiger partial charge on any atom is 0.441 e. The smallest absolute Gasteiger partial charge is 0.300 e. The van der Waals surface area contributed by atoms with E-state index in [1.165, 1.54) is 4.57 Å². The molecule has 0 fully saturated rings. The van der Waals surface area contributed by atoms with Crippen molar-refractivity contribution in [2.75, 3.05) is 12.8 Å². The lowest BCUT2D eigenvalue weighted by molar-refractivity contribution is 0.0305. The van der Waals surface area contributed by atoms with Gasteiger partial charge in [0.2, 0.25) is 10.0 Å². The number of aryl methyl sites for hydroxylation is 1. The number of fused-ring (bicyclic) bond motifs is 1. The van der Waals surface area contributed by atoms with Crippen LogP contribution in [0.5, 0.6) is 0 Å². The van der Waals surface area contributed by atoms with Gasteiger partial charge in [-0.2, -0.15) is 0 Å². The van der Waals surface area contributed by atoms with Gasteiger partial charge in [-0.15, -0.1) is 0 Å². The van der Waals surface area contributed by atoms with E-state index in [1.807, 2.05) is 0 Å². The number of sulfonamides is 1. The van der Waals surface area contributed by atoms with Crippen LogP contribution >= 0.6 is 0 Å². The summed E-state index contributed by atoms with van der Waals surface area (Å²) in [5.41, 5.74) is 0. The second-order valence-corrected chi connectivity index (χ2v) is 8.10. The van der Waals surface area contributed by atoms with Crippen molar-refractivity contribution >= 4 is 10.0 Å². The highest BCUT2D eigenvalue weighted by Crippen LogP contribution is 2.23. The Bertz CT molecular complexity index is 615. The Balaban J connectivity index is 0.000000541. The first kappa shape index (κ1) is 18.9. The lowest BCUT2D eigenvalue weighted by Crippen LogP contribution is -2.33. The largest absolute Gasteiger partial charge is 0.441 e. The van der Waals surface area contributed by atoms with E-state index in [9.17, 15) is 13.2 Å². The van der Waals surface area contributed by atoms with Crippen LogP contribution < -0.4 is 5.76 Å². The highest BCUT2D eigenvalue weighted by molar-refractivity contribution is 7.88. The summed E-state index contributed by atoms with van der Waals surface area (Å²) < 4.78 is 29.4. The average Bonchev–Trinajstić information content (AvgIpc) is 2.62. The molecule has 128 valence electrons. The van der Waals surface area contributed by atoms with Crippen molar-refractivity contribution < 1.29 is 18.1 Å². The molecule has 0 aromatic carbocycles. The van der Waals surface area contributed by atoms with E-state index in [2.05, 4.69) is 30.5 Å². The molecule has 1 aromatic heterocycles. The van der Waals surface area contributed by atoms with Gasteiger partial charge < -0.3 is 0 Å². The average molecular weight is 335 g/mol. The van der Waals surface area contributed by atoms with E-state index in [0.29, 0.717) is 18.7 Å². The van der Waals surface area contributed by atoms with E-state index in [0.717, 1.165) is 25.8 Å². The van der Waals surface area contributed by atoms with Gasteiger partial charge in [0, 0.05) is 13.5 Å². The Morgan fingerprint density at radius 1 is 1.41 bits per heavy atom. The van der Waals surface area contributed by atoms with Crippen LogP contribution in [0, 0.1) is 5.92 Å². The van der Waals surface area contributed by atoms with Crippen molar-refractivity contribution in [3.8, 4) is 0 Å². The fraction of sp³-hybridized carbons (Fsp3) is 0.846. The molecule has 1 aromatic rings. The predicted molar refractivity (Wildman–Crippen MR) is 81.2 cm³/mol. The van der Waals surface area contributed by atoms with Crippen LogP contribution in [0.3, 0.4) is 0 Å². The summed E-state index contributed by atoms with van der Waals surface area (Å²) in [5, 5.41) is 12.7. The lowest BCUT2D eigenvalue weighted by Gasteiger charge is -2.17. The summed E-state index contributed by atoms with van der Waals surface area (Å²) in [6.07, 6.45) is 2.77. The van der Waals surface area contributed by atoms with E-state index >= 15 is 0 Å². The Morgan fingerprint density at radius 3 is 2.55 bits per heavy atom. The van der Waals surface area contributed by atoms with E-state index in [4.69, 9.17) is 5.21 Å². The van der Waals surface area contributed by atoms with Crippen LogP contribution in [0.2, 0.25) is 0 Å². The summed E-state index contributed by atoms with van der Waals surface area (Å²) >= 11 is 0. The molecular weight excluding hydrogens is 310 g/mol. The molecule has 0 bridgehead atoms. The van der Waals surface area contributed by atoms with E-state index < -0.39 is 21.8 Å². The molecule has 9 heteroatoms. The number of aromatic nitrogens is 2. The molecule has 8 nitrogen and oxygen atoms in total. The summed E-state index contributed by atoms with van der Waals surface area (Å²) in [6, 6.07) is -0.541. The van der Waals surface area contributed by atoms with Crippen LogP contribution in [-0.4, -0.2) is 40.6 Å². The first-order chi connectivity index (χ1) is 10.1. The molecule has 0 saturated heterocycles. The zero-order valence-electron chi connectivity index (χ0n) is 13.5. The number of nitrogens with zero attached hydrogens (tertiary/aromatic N) is 3. The van der Waals surface area contributed by atoms with Gasteiger partial charge in [-0.25, -0.2) is 13.2 Å². The molecule has 1 aliphatic rings. The van der Waals surface area contributed by atoms with Gasteiger partial charge in [-0.1, -0.05) is 36.8 Å². The van der Waals surface area contributed by atoms with Gasteiger partial charge in [0.1, 0.15) is 0 Å². The number of hydroxylamine groups is 1. The van der Waals surface area contributed by atoms with Crippen molar-refractivity contribution in [3.63, 3.8) is 0 Å². The first-order valence-corrected chi connectivity index (χ1v) is 8.98. The van der Waals surface area contributed by atoms with Crippen molar-refractivity contribution in [3.05, 3.63) is 16.4 Å². The SMILES string of the molecule is CC(C)C.CN(O)S(=O)(=O)CC1CCCCc2noc(=O)n21. The lowest BCUT2D eigenvalue weighted by atomic mass is 10.1. The summed E-state index contributed by atoms with van der Waals surface area (Å²) in [7, 11) is -2.75. The molecule has 22 heavy (non-hydrogen) atoms. The molecule has 2 rings (SSSR count). The van der Waals surface area contributed by atoms with E-state index in [1.54, 1.807) is 0 Å². The van der Waals surface area contributed by atoms with Crippen LogP contribution in [-0.2, 0) is 16.4 Å². The molecule has 1 atom stereocenters. The highest BCUT2D eigenvalue weighted by Gasteiger charge is 2.29. The maximum atomic E-state index is 11.7. The summed E-state index contributed by atoms with van der Waals surface area (Å²) in [5.74, 6) is 0.319. The van der Waals surface area contributed by atoms with Crippen LogP contribution in [0.15, 0.2) is 9.32 Å². The summed E-state index contributed by atoms with van der Waals surface area (Å²) in [6.45, 7) is 6.50. The molecule has 1 N–H and O–H groups in total. The zero-order chi connectivity index (χ0) is 16.9. The van der Waals surface area contributed by atoms with Gasteiger partial charge in [0.25, 0.3) is 0 Å². The van der Waals surface area contributed by atoms with Crippen LogP contribution in [0.4, 0.5) is 0 Å². The van der Waals surface area contributed by atoms with Crippen molar-refractivity contribution in [1.29, 1.82) is 0 Å². The van der Waals surface area contributed by atoms with Gasteiger partial charge in [0.05, 0.1) is 11.8 Å². The van der Waals surface area contributed by atoms with Gasteiger partial charge in [0.15, 0.2) is 5.82 Å². The topological polar surface area (TPSA) is 106 Å². The standard InChI is InChI=1S/C9H15N3O5S.C4H10/c1-11(14)18(15,16)6-7-4-2-3-5-8-10-17-9(13)12(7)8;1-4(2)3/h7,14H,2-6H2,1H3;4H,1-3H3. The fourth-order valence-electron chi connectivity index (χ4n) is 2.11. The van der Waals surface area contributed by atoms with Crippen molar-refractivity contribution in [2.45, 2.75) is 52.5 Å². The predicted octanol–water partition coefficient (Wildman–Crippen LogP) is 1.42. The third-order valence-electron chi connectivity index (χ3n) is 3.06. The zero-order valence-corrected chi connectivity index (χ0v) is 14.3. The fourth-order valence-corrected chi connectivity index (χ4v) is 3.13. The Morgan fingerprint density at radius 2 is 2.00 bits per heavy atom. The molecule has 0 spiro atoms. The summed E-state index contributed by atoms with van der Waals surface area (Å²) in [4.78, 5) is 11.5. The molecule has 2 heterocycles. The number of hydrogen-bond acceptors (Lipinski definition) is 6. The third-order valence-corrected chi connectivity index (χ3v) is 4.67. The van der Waals surface area contributed by atoms with Crippen molar-refractivity contribution in [1.82, 2.24) is 14.2 Å². The normalized spacial score (nSPS) is 18.6. The maximum absolute atomic E-state index is 11.7. The van der Waals surface area contributed by atoms with Gasteiger partial charge in [-0.3, -0.25) is 14.3 Å². The Labute approximate surface area is 130 Å². The Kier molecular flexibility index (Phi) is 6.76. The molecule has 1 unspecified atom stereocenters. The minimum atomic E-state index is -3.79. The second-order valence-electron chi connectivity index (χ2n) is 6.08. The second kappa shape index (κ2) is 7.89. The van der Waals surface area contributed by atoms with Gasteiger partial charge in [-0.05, 0) is 18.8 Å². The molecular formula is C13H25N3O5S. The first-order valence-electron chi connectivity index (χ1n) is 7.37. The molecule has 0 radical (unpaired) electrons. The minimum Gasteiger partial charge on any atom is -0.300 e. The van der Waals surface area contributed by atoms with Gasteiger partial charge >= 0.3 is 5.76 Å². The number of rotatable bonds is 3. The monoisotopic (exact) mass is 335 g/mol. The number of hydrogen-bond donors (Lipinski definition) is 1.